The second-order valence-corrected chi connectivity index (χ2v) is 8.74. The van der Waals surface area contributed by atoms with Crippen LogP contribution in [0.2, 0.25) is 0 Å². The number of fused-ring (bicyclic) bond motifs is 1. The van der Waals surface area contributed by atoms with E-state index in [4.69, 9.17) is 0 Å². The number of rotatable bonds is 4. The second-order valence-electron chi connectivity index (χ2n) is 8.74. The van der Waals surface area contributed by atoms with Gasteiger partial charge in [0.1, 0.15) is 0 Å². The molecule has 3 aromatic rings. The zero-order valence-electron chi connectivity index (χ0n) is 17.2. The molecule has 1 aliphatic carbocycles. The van der Waals surface area contributed by atoms with Gasteiger partial charge in [-0.05, 0) is 59.2 Å². The van der Waals surface area contributed by atoms with Gasteiger partial charge < -0.3 is 4.90 Å². The van der Waals surface area contributed by atoms with Gasteiger partial charge in [0.2, 0.25) is 11.9 Å². The summed E-state index contributed by atoms with van der Waals surface area (Å²) in [5.74, 6) is -0.0201. The Kier molecular flexibility index (Phi) is 5.24. The van der Waals surface area contributed by atoms with E-state index in [1.165, 1.54) is 49.9 Å². The molecule has 4 heteroatoms. The Labute approximate surface area is 176 Å². The summed E-state index contributed by atoms with van der Waals surface area (Å²) < 4.78 is 13.6. The van der Waals surface area contributed by atoms with Crippen LogP contribution in [0.5, 0.6) is 0 Å². The molecule has 1 unspecified atom stereocenters. The molecule has 1 saturated heterocycles. The Hall–Kier alpha value is -2.75. The van der Waals surface area contributed by atoms with Gasteiger partial charge in [-0.3, -0.25) is 4.79 Å². The van der Waals surface area contributed by atoms with E-state index in [2.05, 4.69) is 34.1 Å². The lowest BCUT2D eigenvalue weighted by molar-refractivity contribution is -0.133. The minimum absolute atomic E-state index is 0.0989. The smallest absolute Gasteiger partial charge is 0.226 e. The first-order valence-electron chi connectivity index (χ1n) is 11.1. The molecular formula is C26H27FN2O. The number of amides is 1. The van der Waals surface area contributed by atoms with Crippen molar-refractivity contribution in [2.75, 3.05) is 6.54 Å². The van der Waals surface area contributed by atoms with Gasteiger partial charge in [0, 0.05) is 30.8 Å². The Bertz CT molecular complexity index is 1070. The number of halogens is 1. The average molecular weight is 403 g/mol. The molecule has 0 bridgehead atoms. The number of likely N-dealkylation sites (tertiary alicyclic amines) is 1. The molecule has 0 N–H and O–H groups in total. The van der Waals surface area contributed by atoms with Crippen molar-refractivity contribution in [1.29, 1.82) is 0 Å². The van der Waals surface area contributed by atoms with E-state index in [0.29, 0.717) is 11.9 Å². The van der Waals surface area contributed by atoms with E-state index in [-0.39, 0.29) is 5.92 Å². The highest BCUT2D eigenvalue weighted by Gasteiger charge is 2.36. The third-order valence-corrected chi connectivity index (χ3v) is 6.83. The molecule has 1 atom stereocenters. The van der Waals surface area contributed by atoms with E-state index in [9.17, 15) is 9.18 Å². The number of aromatic nitrogens is 1. The standard InChI is InChI=1S/C26H27FN2O/c27-25-17-20(11-13-28-25)23-8-4-5-19-15-18(9-10-24(19)23)16-21-12-14-29(26(21)30)22-6-2-1-3-7-22/h4-5,8-11,13,15,17,21-22H,1-3,6-7,12,14,16H2. The fraction of sp³-hybridized carbons (Fsp3) is 0.385. The van der Waals surface area contributed by atoms with Crippen LogP contribution in [0.4, 0.5) is 4.39 Å². The first kappa shape index (κ1) is 19.2. The Morgan fingerprint density at radius 2 is 1.87 bits per heavy atom. The Morgan fingerprint density at radius 1 is 1.00 bits per heavy atom. The molecule has 2 aliphatic rings. The molecule has 2 aromatic carbocycles. The SMILES string of the molecule is O=C1C(Cc2ccc3c(-c4ccnc(F)c4)cccc3c2)CCN1C1CCCCC1. The molecule has 3 nitrogen and oxygen atoms in total. The first-order chi connectivity index (χ1) is 14.7. The minimum atomic E-state index is -0.469. The summed E-state index contributed by atoms with van der Waals surface area (Å²) in [7, 11) is 0. The van der Waals surface area contributed by atoms with E-state index in [0.717, 1.165) is 41.3 Å². The van der Waals surface area contributed by atoms with Crippen molar-refractivity contribution in [1.82, 2.24) is 9.88 Å². The first-order valence-corrected chi connectivity index (χ1v) is 11.1. The lowest BCUT2D eigenvalue weighted by Gasteiger charge is -2.31. The summed E-state index contributed by atoms with van der Waals surface area (Å²) >= 11 is 0. The molecule has 1 aromatic heterocycles. The predicted molar refractivity (Wildman–Crippen MR) is 118 cm³/mol. The van der Waals surface area contributed by atoms with Crippen LogP contribution in [-0.4, -0.2) is 28.4 Å². The maximum Gasteiger partial charge on any atom is 0.226 e. The summed E-state index contributed by atoms with van der Waals surface area (Å²) in [6.07, 6.45) is 9.44. The molecular weight excluding hydrogens is 375 g/mol. The maximum absolute atomic E-state index is 13.6. The molecule has 0 radical (unpaired) electrons. The second kappa shape index (κ2) is 8.17. The number of hydrogen-bond acceptors (Lipinski definition) is 2. The van der Waals surface area contributed by atoms with E-state index in [1.54, 1.807) is 0 Å². The van der Waals surface area contributed by atoms with Crippen molar-refractivity contribution in [3.63, 3.8) is 0 Å². The fourth-order valence-electron chi connectivity index (χ4n) is 5.27. The summed E-state index contributed by atoms with van der Waals surface area (Å²) in [5, 5.41) is 2.21. The van der Waals surface area contributed by atoms with Crippen LogP contribution in [0.15, 0.2) is 54.7 Å². The zero-order valence-corrected chi connectivity index (χ0v) is 17.2. The lowest BCUT2D eigenvalue weighted by Crippen LogP contribution is -2.39. The minimum Gasteiger partial charge on any atom is -0.339 e. The van der Waals surface area contributed by atoms with Crippen LogP contribution in [0.25, 0.3) is 21.9 Å². The normalized spacial score (nSPS) is 20.2. The van der Waals surface area contributed by atoms with Gasteiger partial charge in [-0.25, -0.2) is 4.98 Å². The lowest BCUT2D eigenvalue weighted by atomic mass is 9.93. The Balaban J connectivity index is 1.36. The van der Waals surface area contributed by atoms with Crippen molar-refractivity contribution < 1.29 is 9.18 Å². The van der Waals surface area contributed by atoms with Crippen molar-refractivity contribution >= 4 is 16.7 Å². The van der Waals surface area contributed by atoms with Crippen LogP contribution < -0.4 is 0 Å². The molecule has 2 fully saturated rings. The molecule has 1 amide bonds. The van der Waals surface area contributed by atoms with Gasteiger partial charge in [-0.15, -0.1) is 0 Å². The quantitative estimate of drug-likeness (QED) is 0.520. The van der Waals surface area contributed by atoms with Crippen molar-refractivity contribution in [2.45, 2.75) is 51.0 Å². The summed E-state index contributed by atoms with van der Waals surface area (Å²) in [6.45, 7) is 0.916. The maximum atomic E-state index is 13.6. The van der Waals surface area contributed by atoms with E-state index < -0.39 is 5.95 Å². The number of hydrogen-bond donors (Lipinski definition) is 0. The zero-order chi connectivity index (χ0) is 20.5. The third kappa shape index (κ3) is 3.71. The van der Waals surface area contributed by atoms with Gasteiger partial charge in [0.15, 0.2) is 0 Å². The van der Waals surface area contributed by atoms with Gasteiger partial charge in [-0.1, -0.05) is 55.7 Å². The van der Waals surface area contributed by atoms with Gasteiger partial charge >= 0.3 is 0 Å². The van der Waals surface area contributed by atoms with Gasteiger partial charge in [0.05, 0.1) is 0 Å². The molecule has 30 heavy (non-hydrogen) atoms. The van der Waals surface area contributed by atoms with Crippen LogP contribution >= 0.6 is 0 Å². The molecule has 1 saturated carbocycles. The number of carbonyl (C=O) groups excluding carboxylic acids is 1. The topological polar surface area (TPSA) is 33.2 Å². The number of nitrogens with zero attached hydrogens (tertiary/aromatic N) is 2. The van der Waals surface area contributed by atoms with Crippen LogP contribution in [0, 0.1) is 11.9 Å². The van der Waals surface area contributed by atoms with E-state index in [1.807, 2.05) is 18.2 Å². The van der Waals surface area contributed by atoms with Gasteiger partial charge in [0.25, 0.3) is 0 Å². The number of benzene rings is 2. The molecule has 1 aliphatic heterocycles. The number of pyridine rings is 1. The number of carbonyl (C=O) groups is 1. The van der Waals surface area contributed by atoms with Crippen LogP contribution in [-0.2, 0) is 11.2 Å². The predicted octanol–water partition coefficient (Wildman–Crippen LogP) is 5.76. The van der Waals surface area contributed by atoms with Crippen molar-refractivity contribution in [3.8, 4) is 11.1 Å². The monoisotopic (exact) mass is 402 g/mol. The molecule has 154 valence electrons. The van der Waals surface area contributed by atoms with Crippen LogP contribution in [0.1, 0.15) is 44.1 Å². The fourth-order valence-corrected chi connectivity index (χ4v) is 5.27. The van der Waals surface area contributed by atoms with Gasteiger partial charge in [-0.2, -0.15) is 4.39 Å². The largest absolute Gasteiger partial charge is 0.339 e. The molecule has 2 heterocycles. The van der Waals surface area contributed by atoms with Crippen molar-refractivity contribution in [3.05, 3.63) is 66.2 Å². The van der Waals surface area contributed by atoms with E-state index >= 15 is 0 Å². The summed E-state index contributed by atoms with van der Waals surface area (Å²) in [4.78, 5) is 18.9. The third-order valence-electron chi connectivity index (χ3n) is 6.83. The average Bonchev–Trinajstić information content (AvgIpc) is 3.14. The highest BCUT2D eigenvalue weighted by molar-refractivity contribution is 5.97. The summed E-state index contributed by atoms with van der Waals surface area (Å²) in [5.41, 5.74) is 3.03. The Morgan fingerprint density at radius 3 is 2.70 bits per heavy atom. The highest BCUT2D eigenvalue weighted by atomic mass is 19.1. The molecule has 5 rings (SSSR count). The summed E-state index contributed by atoms with van der Waals surface area (Å²) in [6, 6.07) is 16.3. The highest BCUT2D eigenvalue weighted by Crippen LogP contribution is 2.33. The van der Waals surface area contributed by atoms with Crippen LogP contribution in [0.3, 0.4) is 0 Å². The molecule has 0 spiro atoms. The van der Waals surface area contributed by atoms with Crippen molar-refractivity contribution in [2.24, 2.45) is 5.92 Å².